The van der Waals surface area contributed by atoms with Crippen LogP contribution in [0.4, 0.5) is 0 Å². The molecule has 0 saturated heterocycles. The van der Waals surface area contributed by atoms with E-state index >= 15 is 0 Å². The van der Waals surface area contributed by atoms with Crippen molar-refractivity contribution < 1.29 is 80.2 Å². The van der Waals surface area contributed by atoms with E-state index in [1.54, 1.807) is 0 Å². The first-order chi connectivity index (χ1) is 50.7. The topological polar surface area (TPSA) is 237 Å². The molecule has 0 saturated carbocycles. The van der Waals surface area contributed by atoms with E-state index in [-0.39, 0.29) is 25.7 Å². The Morgan fingerprint density at radius 3 is 0.788 bits per heavy atom. The maximum absolute atomic E-state index is 13.1. The van der Waals surface area contributed by atoms with Gasteiger partial charge in [0.2, 0.25) is 0 Å². The third-order valence-corrected chi connectivity index (χ3v) is 19.4. The Morgan fingerprint density at radius 1 is 0.279 bits per heavy atom. The summed E-state index contributed by atoms with van der Waals surface area (Å²) in [4.78, 5) is 73.1. The summed E-state index contributed by atoms with van der Waals surface area (Å²) in [5.74, 6) is -2.20. The van der Waals surface area contributed by atoms with Crippen LogP contribution in [0.2, 0.25) is 0 Å². The van der Waals surface area contributed by atoms with Crippen LogP contribution in [0, 0.1) is 0 Å². The minimum Gasteiger partial charge on any atom is -0.462 e. The summed E-state index contributed by atoms with van der Waals surface area (Å²) in [6, 6.07) is 0. The second-order valence-electron chi connectivity index (χ2n) is 27.7. The number of carbonyl (C=O) groups excluding carboxylic acids is 4. The van der Waals surface area contributed by atoms with Crippen LogP contribution in [0.1, 0.15) is 362 Å². The molecule has 0 radical (unpaired) electrons. The molecule has 0 fully saturated rings. The maximum atomic E-state index is 13.1. The van der Waals surface area contributed by atoms with E-state index in [1.165, 1.54) is 103 Å². The van der Waals surface area contributed by atoms with E-state index in [2.05, 4.69) is 125 Å². The molecule has 0 rings (SSSR count). The van der Waals surface area contributed by atoms with Crippen molar-refractivity contribution in [3.8, 4) is 0 Å². The van der Waals surface area contributed by atoms with Gasteiger partial charge >= 0.3 is 39.5 Å². The van der Waals surface area contributed by atoms with Crippen LogP contribution in [0.3, 0.4) is 0 Å². The predicted octanol–water partition coefficient (Wildman–Crippen LogP) is 24.3. The van der Waals surface area contributed by atoms with Gasteiger partial charge in [0.05, 0.1) is 26.4 Å². The Balaban J connectivity index is 5.37. The quantitative estimate of drug-likeness (QED) is 0.0169. The van der Waals surface area contributed by atoms with Crippen molar-refractivity contribution >= 4 is 39.5 Å². The zero-order chi connectivity index (χ0) is 76.0. The highest BCUT2D eigenvalue weighted by Gasteiger charge is 2.30. The fraction of sp³-hybridized carbons (Fsp3) is 0.765. The van der Waals surface area contributed by atoms with Crippen molar-refractivity contribution in [1.29, 1.82) is 0 Å². The van der Waals surface area contributed by atoms with Crippen LogP contribution in [0.5, 0.6) is 0 Å². The maximum Gasteiger partial charge on any atom is 0.472 e. The van der Waals surface area contributed by atoms with Crippen molar-refractivity contribution in [2.75, 3.05) is 39.6 Å². The fourth-order valence-corrected chi connectivity index (χ4v) is 12.8. The van der Waals surface area contributed by atoms with Gasteiger partial charge in [-0.2, -0.15) is 0 Å². The lowest BCUT2D eigenvalue weighted by Gasteiger charge is -2.21. The minimum absolute atomic E-state index is 0.0757. The average molecular weight is 1510 g/mol. The number of phosphoric ester groups is 2. The van der Waals surface area contributed by atoms with E-state index in [1.807, 2.05) is 0 Å². The van der Waals surface area contributed by atoms with Crippen molar-refractivity contribution in [3.63, 3.8) is 0 Å². The van der Waals surface area contributed by atoms with E-state index in [4.69, 9.17) is 37.0 Å². The van der Waals surface area contributed by atoms with Crippen molar-refractivity contribution in [2.45, 2.75) is 380 Å². The van der Waals surface area contributed by atoms with Crippen LogP contribution in [0.15, 0.2) is 97.2 Å². The Bertz CT molecular complexity index is 2350. The number of allylic oxidation sites excluding steroid dienone is 16. The van der Waals surface area contributed by atoms with Gasteiger partial charge in [-0.1, -0.05) is 305 Å². The van der Waals surface area contributed by atoms with Gasteiger partial charge in [-0.05, 0) is 128 Å². The molecule has 0 aliphatic heterocycles. The summed E-state index contributed by atoms with van der Waals surface area (Å²) < 4.78 is 68.7. The highest BCUT2D eigenvalue weighted by atomic mass is 31.2. The molecule has 0 aromatic rings. The summed E-state index contributed by atoms with van der Waals surface area (Å²) in [5.41, 5.74) is 0. The Labute approximate surface area is 633 Å². The predicted molar refractivity (Wildman–Crippen MR) is 427 cm³/mol. The third kappa shape index (κ3) is 76.2. The number of rotatable bonds is 78. The normalized spacial score (nSPS) is 14.3. The molecule has 0 aromatic heterocycles. The Morgan fingerprint density at radius 2 is 0.500 bits per heavy atom. The molecule has 19 heteroatoms. The summed E-state index contributed by atoms with van der Waals surface area (Å²) in [6.07, 6.45) is 82.2. The van der Waals surface area contributed by atoms with Crippen LogP contribution in [-0.2, 0) is 65.4 Å². The Hall–Kier alpha value is -4.02. The van der Waals surface area contributed by atoms with Crippen LogP contribution >= 0.6 is 15.6 Å². The highest BCUT2D eigenvalue weighted by molar-refractivity contribution is 7.47. The van der Waals surface area contributed by atoms with Gasteiger partial charge in [-0.25, -0.2) is 9.13 Å². The lowest BCUT2D eigenvalue weighted by molar-refractivity contribution is -0.161. The molecule has 0 spiro atoms. The van der Waals surface area contributed by atoms with Gasteiger partial charge in [0.1, 0.15) is 19.3 Å². The molecular formula is C85H150O17P2. The van der Waals surface area contributed by atoms with E-state index in [0.29, 0.717) is 25.7 Å². The summed E-state index contributed by atoms with van der Waals surface area (Å²) in [6.45, 7) is 4.73. The molecule has 5 unspecified atom stereocenters. The van der Waals surface area contributed by atoms with Gasteiger partial charge in [-0.15, -0.1) is 0 Å². The molecule has 17 nitrogen and oxygen atoms in total. The first-order valence-corrected chi connectivity index (χ1v) is 44.5. The van der Waals surface area contributed by atoms with E-state index < -0.39 is 97.5 Å². The van der Waals surface area contributed by atoms with Crippen LogP contribution < -0.4 is 0 Å². The number of aliphatic hydroxyl groups excluding tert-OH is 1. The molecule has 602 valence electrons. The summed E-state index contributed by atoms with van der Waals surface area (Å²) in [5, 5.41) is 10.7. The molecule has 0 heterocycles. The zero-order valence-corrected chi connectivity index (χ0v) is 67.7. The molecular weight excluding hydrogens is 1350 g/mol. The number of hydrogen-bond donors (Lipinski definition) is 3. The van der Waals surface area contributed by atoms with Gasteiger partial charge < -0.3 is 33.8 Å². The number of unbranched alkanes of at least 4 members (excludes halogenated alkanes) is 36. The van der Waals surface area contributed by atoms with Gasteiger partial charge in [0.15, 0.2) is 12.2 Å². The second-order valence-corrected chi connectivity index (χ2v) is 30.6. The number of hydrogen-bond acceptors (Lipinski definition) is 15. The highest BCUT2D eigenvalue weighted by Crippen LogP contribution is 2.45. The fourth-order valence-electron chi connectivity index (χ4n) is 11.2. The molecule has 0 bridgehead atoms. The number of esters is 4. The lowest BCUT2D eigenvalue weighted by atomic mass is 10.0. The first kappa shape index (κ1) is 100.0. The van der Waals surface area contributed by atoms with Crippen molar-refractivity contribution in [2.24, 2.45) is 0 Å². The van der Waals surface area contributed by atoms with E-state index in [0.717, 1.165) is 180 Å². The average Bonchev–Trinajstić information content (AvgIpc) is 0.918. The number of carbonyl (C=O) groups is 4. The molecule has 0 aliphatic rings. The summed E-state index contributed by atoms with van der Waals surface area (Å²) in [7, 11) is -9.96. The zero-order valence-electron chi connectivity index (χ0n) is 65.9. The molecule has 104 heavy (non-hydrogen) atoms. The lowest BCUT2D eigenvalue weighted by Crippen LogP contribution is -2.30. The van der Waals surface area contributed by atoms with Gasteiger partial charge in [0, 0.05) is 25.7 Å². The first-order valence-electron chi connectivity index (χ1n) is 41.5. The van der Waals surface area contributed by atoms with Crippen LogP contribution in [-0.4, -0.2) is 96.7 Å². The third-order valence-electron chi connectivity index (χ3n) is 17.5. The van der Waals surface area contributed by atoms with E-state index in [9.17, 15) is 43.2 Å². The minimum atomic E-state index is -4.98. The monoisotopic (exact) mass is 1510 g/mol. The molecule has 3 N–H and O–H groups in total. The standard InChI is InChI=1S/C85H150O17P2/c1-5-9-13-17-21-25-29-33-37-38-39-40-44-46-50-54-58-62-66-70-83(88)96-76-81(102-85(90)72-68-64-60-56-52-48-43-36-32-28-24-20-16-12-8-4)78-100-104(93,94)98-74-79(86)73-97-103(91,92)99-77-80(101-84(89)71-67-63-59-55-51-47-42-35-31-27-23-19-15-11-7-3)75-95-82(87)69-65-61-57-53-49-45-41-34-30-26-22-18-14-10-6-2/h9,13,21-22,24-26,28,33-34,36-37,39-41,43,79-81,86H,5-8,10-12,14-20,23,27,29-32,35,38,42,44-78H2,1-4H3,(H,91,92)(H,93,94)/b13-9-,25-21-,26-22-,28-24-,37-33-,40-39-,41-34-,43-36-. The van der Waals surface area contributed by atoms with Crippen LogP contribution in [0.25, 0.3) is 0 Å². The molecule has 0 aromatic carbocycles. The van der Waals surface area contributed by atoms with Crippen molar-refractivity contribution in [3.05, 3.63) is 97.2 Å². The number of phosphoric acid groups is 2. The Kier molecular flexibility index (Phi) is 74.2. The molecule has 5 atom stereocenters. The van der Waals surface area contributed by atoms with Gasteiger partial charge in [0.25, 0.3) is 0 Å². The smallest absolute Gasteiger partial charge is 0.462 e. The van der Waals surface area contributed by atoms with Gasteiger partial charge in [-0.3, -0.25) is 37.3 Å². The molecule has 0 aliphatic carbocycles. The molecule has 0 amide bonds. The SMILES string of the molecule is CC/C=C\C/C=C\C/C=C\C/C=C\CCCCCCCCC(=O)OCC(COP(=O)(O)OCC(O)COP(=O)(O)OCC(COC(=O)CCCCCCC/C=C\C/C=C\CCCCC)OC(=O)CCCCCCCCCCCCCCCCC)OC(=O)CCCCCCC/C=C\C/C=C\CCCCC. The number of aliphatic hydroxyl groups is 1. The van der Waals surface area contributed by atoms with Crippen molar-refractivity contribution in [1.82, 2.24) is 0 Å². The summed E-state index contributed by atoms with van der Waals surface area (Å²) >= 11 is 0. The number of ether oxygens (including phenoxy) is 4. The largest absolute Gasteiger partial charge is 0.472 e. The second kappa shape index (κ2) is 77.1.